The molecule has 2 rings (SSSR count). The summed E-state index contributed by atoms with van der Waals surface area (Å²) in [4.78, 5) is 18.5. The van der Waals surface area contributed by atoms with Gasteiger partial charge in [-0.25, -0.2) is 0 Å². The van der Waals surface area contributed by atoms with Crippen molar-refractivity contribution in [2.75, 3.05) is 39.8 Å². The lowest BCUT2D eigenvalue weighted by atomic mass is 10.1. The SMILES string of the molecule is CN=C(NCC(=O)NC(C)(C)C)NCC1CN2CCCC2CO1. The molecule has 0 aromatic rings. The number of rotatable bonds is 4. The minimum Gasteiger partial charge on any atom is -0.373 e. The van der Waals surface area contributed by atoms with Crippen molar-refractivity contribution in [1.29, 1.82) is 0 Å². The van der Waals surface area contributed by atoms with Crippen molar-refractivity contribution < 1.29 is 9.53 Å². The van der Waals surface area contributed by atoms with E-state index in [2.05, 4.69) is 25.8 Å². The second kappa shape index (κ2) is 7.97. The van der Waals surface area contributed by atoms with Crippen LogP contribution in [0.2, 0.25) is 0 Å². The van der Waals surface area contributed by atoms with E-state index in [4.69, 9.17) is 4.74 Å². The van der Waals surface area contributed by atoms with Gasteiger partial charge in [-0.1, -0.05) is 0 Å². The zero-order valence-corrected chi connectivity index (χ0v) is 14.8. The molecule has 0 bridgehead atoms. The quantitative estimate of drug-likeness (QED) is 0.498. The Balaban J connectivity index is 1.68. The lowest BCUT2D eigenvalue weighted by Gasteiger charge is -2.35. The first kappa shape index (κ1) is 18.0. The molecule has 23 heavy (non-hydrogen) atoms. The maximum Gasteiger partial charge on any atom is 0.239 e. The first-order chi connectivity index (χ1) is 10.9. The van der Waals surface area contributed by atoms with Gasteiger partial charge < -0.3 is 20.7 Å². The Morgan fingerprint density at radius 2 is 2.13 bits per heavy atom. The van der Waals surface area contributed by atoms with Crippen molar-refractivity contribution in [3.05, 3.63) is 0 Å². The molecule has 2 fully saturated rings. The first-order valence-electron chi connectivity index (χ1n) is 8.48. The predicted molar refractivity (Wildman–Crippen MR) is 91.6 cm³/mol. The number of nitrogens with one attached hydrogen (secondary N) is 3. The molecule has 2 aliphatic heterocycles. The van der Waals surface area contributed by atoms with Crippen molar-refractivity contribution in [2.24, 2.45) is 4.99 Å². The third kappa shape index (κ3) is 5.99. The van der Waals surface area contributed by atoms with Crippen LogP contribution in [-0.2, 0) is 9.53 Å². The molecule has 2 unspecified atom stereocenters. The lowest BCUT2D eigenvalue weighted by Crippen LogP contribution is -2.52. The Hall–Kier alpha value is -1.34. The average molecular weight is 325 g/mol. The summed E-state index contributed by atoms with van der Waals surface area (Å²) in [5.41, 5.74) is -0.224. The molecule has 0 aromatic heterocycles. The summed E-state index contributed by atoms with van der Waals surface area (Å²) in [6, 6.07) is 0.616. The number of aliphatic imine (C=N–C) groups is 1. The standard InChI is InChI=1S/C16H31N5O2/c1-16(2,3)20-14(22)9-19-15(17-4)18-8-13-10-21-7-5-6-12(21)11-23-13/h12-13H,5-11H2,1-4H3,(H,20,22)(H2,17,18,19). The van der Waals surface area contributed by atoms with E-state index in [1.165, 1.54) is 19.4 Å². The monoisotopic (exact) mass is 325 g/mol. The summed E-state index contributed by atoms with van der Waals surface area (Å²) in [5.74, 6) is 0.579. The molecule has 7 heteroatoms. The molecule has 2 aliphatic rings. The number of carbonyl (C=O) groups is 1. The lowest BCUT2D eigenvalue weighted by molar-refractivity contribution is -0.121. The third-order valence-corrected chi connectivity index (χ3v) is 4.11. The third-order valence-electron chi connectivity index (χ3n) is 4.11. The number of amides is 1. The van der Waals surface area contributed by atoms with Crippen LogP contribution in [0.4, 0.5) is 0 Å². The maximum absolute atomic E-state index is 11.8. The smallest absolute Gasteiger partial charge is 0.239 e. The van der Waals surface area contributed by atoms with Gasteiger partial charge in [0, 0.05) is 31.7 Å². The van der Waals surface area contributed by atoms with Crippen molar-refractivity contribution in [3.63, 3.8) is 0 Å². The fourth-order valence-corrected chi connectivity index (χ4v) is 3.07. The molecule has 0 aliphatic carbocycles. The van der Waals surface area contributed by atoms with Crippen LogP contribution in [0.1, 0.15) is 33.6 Å². The van der Waals surface area contributed by atoms with E-state index in [1.54, 1.807) is 7.05 Å². The number of guanidine groups is 1. The zero-order chi connectivity index (χ0) is 16.9. The van der Waals surface area contributed by atoms with Gasteiger partial charge in [0.2, 0.25) is 5.91 Å². The number of ether oxygens (including phenoxy) is 1. The molecule has 2 heterocycles. The highest BCUT2D eigenvalue weighted by Crippen LogP contribution is 2.22. The van der Waals surface area contributed by atoms with E-state index in [0.717, 1.165) is 13.2 Å². The second-order valence-electron chi connectivity index (χ2n) is 7.35. The minimum atomic E-state index is -0.224. The number of morpholine rings is 1. The van der Waals surface area contributed by atoms with Gasteiger partial charge >= 0.3 is 0 Å². The van der Waals surface area contributed by atoms with Gasteiger partial charge in [-0.2, -0.15) is 0 Å². The van der Waals surface area contributed by atoms with E-state index in [0.29, 0.717) is 18.5 Å². The predicted octanol–water partition coefficient (Wildman–Crippen LogP) is -0.0707. The van der Waals surface area contributed by atoms with E-state index in [-0.39, 0.29) is 24.1 Å². The van der Waals surface area contributed by atoms with Crippen LogP contribution in [0.25, 0.3) is 0 Å². The fraction of sp³-hybridized carbons (Fsp3) is 0.875. The highest BCUT2D eigenvalue weighted by Gasteiger charge is 2.32. The molecule has 1 amide bonds. The van der Waals surface area contributed by atoms with Gasteiger partial charge in [0.25, 0.3) is 0 Å². The van der Waals surface area contributed by atoms with Crippen LogP contribution < -0.4 is 16.0 Å². The van der Waals surface area contributed by atoms with Crippen LogP contribution in [0, 0.1) is 0 Å². The highest BCUT2D eigenvalue weighted by molar-refractivity contribution is 5.86. The topological polar surface area (TPSA) is 78.0 Å². The Labute approximate surface area is 139 Å². The molecular weight excluding hydrogens is 294 g/mol. The molecule has 7 nitrogen and oxygen atoms in total. The Bertz CT molecular complexity index is 433. The van der Waals surface area contributed by atoms with E-state index >= 15 is 0 Å². The van der Waals surface area contributed by atoms with Gasteiger partial charge in [0.1, 0.15) is 0 Å². The van der Waals surface area contributed by atoms with Crippen LogP contribution in [0.3, 0.4) is 0 Å². The van der Waals surface area contributed by atoms with Crippen molar-refractivity contribution in [1.82, 2.24) is 20.9 Å². The molecule has 132 valence electrons. The summed E-state index contributed by atoms with van der Waals surface area (Å²) < 4.78 is 5.91. The fourth-order valence-electron chi connectivity index (χ4n) is 3.07. The van der Waals surface area contributed by atoms with Crippen LogP contribution in [-0.4, -0.2) is 74.3 Å². The molecule has 0 radical (unpaired) electrons. The normalized spacial score (nSPS) is 25.8. The summed E-state index contributed by atoms with van der Waals surface area (Å²) in [7, 11) is 1.70. The molecule has 2 saturated heterocycles. The van der Waals surface area contributed by atoms with Crippen LogP contribution >= 0.6 is 0 Å². The van der Waals surface area contributed by atoms with Crippen LogP contribution in [0.5, 0.6) is 0 Å². The Morgan fingerprint density at radius 1 is 1.35 bits per heavy atom. The molecule has 2 atom stereocenters. The number of carbonyl (C=O) groups excluding carboxylic acids is 1. The van der Waals surface area contributed by atoms with Crippen molar-refractivity contribution >= 4 is 11.9 Å². The molecule has 3 N–H and O–H groups in total. The summed E-state index contributed by atoms with van der Waals surface area (Å²) in [5, 5.41) is 9.19. The minimum absolute atomic E-state index is 0.0470. The van der Waals surface area contributed by atoms with Gasteiger partial charge in [-0.3, -0.25) is 14.7 Å². The number of nitrogens with zero attached hydrogens (tertiary/aromatic N) is 2. The average Bonchev–Trinajstić information content (AvgIpc) is 2.93. The number of hydrogen-bond donors (Lipinski definition) is 3. The van der Waals surface area contributed by atoms with Crippen molar-refractivity contribution in [3.8, 4) is 0 Å². The summed E-state index contributed by atoms with van der Waals surface area (Å²) >= 11 is 0. The van der Waals surface area contributed by atoms with Gasteiger partial charge in [-0.15, -0.1) is 0 Å². The second-order valence-corrected chi connectivity index (χ2v) is 7.35. The van der Waals surface area contributed by atoms with Gasteiger partial charge in [-0.05, 0) is 40.2 Å². The molecule has 0 aromatic carbocycles. The molecule has 0 saturated carbocycles. The van der Waals surface area contributed by atoms with Gasteiger partial charge in [0.15, 0.2) is 5.96 Å². The summed E-state index contributed by atoms with van der Waals surface area (Å²) in [6.45, 7) is 9.77. The maximum atomic E-state index is 11.8. The first-order valence-corrected chi connectivity index (χ1v) is 8.48. The van der Waals surface area contributed by atoms with Gasteiger partial charge in [0.05, 0.1) is 19.3 Å². The molecule has 0 spiro atoms. The van der Waals surface area contributed by atoms with Crippen LogP contribution in [0.15, 0.2) is 4.99 Å². The summed E-state index contributed by atoms with van der Waals surface area (Å²) in [6.07, 6.45) is 2.71. The highest BCUT2D eigenvalue weighted by atomic mass is 16.5. The Kier molecular flexibility index (Phi) is 6.24. The van der Waals surface area contributed by atoms with Crippen molar-refractivity contribution in [2.45, 2.75) is 51.3 Å². The number of fused-ring (bicyclic) bond motifs is 1. The van der Waals surface area contributed by atoms with E-state index in [9.17, 15) is 4.79 Å². The number of hydrogen-bond acceptors (Lipinski definition) is 4. The zero-order valence-electron chi connectivity index (χ0n) is 14.8. The van der Waals surface area contributed by atoms with E-state index in [1.807, 2.05) is 20.8 Å². The molecular formula is C16H31N5O2. The van der Waals surface area contributed by atoms with E-state index < -0.39 is 0 Å². The largest absolute Gasteiger partial charge is 0.373 e. The Morgan fingerprint density at radius 3 is 2.83 bits per heavy atom.